The van der Waals surface area contributed by atoms with E-state index in [9.17, 15) is 19.5 Å². The number of carbonyl (C=O) groups is 3. The minimum atomic E-state index is -1.04. The van der Waals surface area contributed by atoms with Crippen LogP contribution in [0.25, 0.3) is 10.8 Å². The largest absolute Gasteiger partial charge is 0.480 e. The summed E-state index contributed by atoms with van der Waals surface area (Å²) < 4.78 is 5.35. The molecule has 0 spiro atoms. The zero-order valence-corrected chi connectivity index (χ0v) is 21.4. The van der Waals surface area contributed by atoms with Gasteiger partial charge in [-0.1, -0.05) is 57.2 Å². The molecule has 184 valence electrons. The smallest absolute Gasteiger partial charge is 0.408 e. The first-order chi connectivity index (χ1) is 15.8. The maximum absolute atomic E-state index is 13.6. The molecule has 1 saturated heterocycles. The Morgan fingerprint density at radius 2 is 1.71 bits per heavy atom. The SMILES string of the molecule is CC(C)(C)OC(=O)NC(C(=O)N1CC(Sc2cccc3ccccc23)CC1C(=O)O)C(C)(C)C. The third-order valence-corrected chi connectivity index (χ3v) is 6.93. The van der Waals surface area contributed by atoms with Crippen molar-refractivity contribution in [1.29, 1.82) is 0 Å². The van der Waals surface area contributed by atoms with Gasteiger partial charge in [-0.05, 0) is 49.4 Å². The Morgan fingerprint density at radius 1 is 1.06 bits per heavy atom. The van der Waals surface area contributed by atoms with Crippen molar-refractivity contribution < 1.29 is 24.2 Å². The molecule has 0 aromatic heterocycles. The summed E-state index contributed by atoms with van der Waals surface area (Å²) in [5, 5.41) is 14.7. The van der Waals surface area contributed by atoms with Gasteiger partial charge >= 0.3 is 12.1 Å². The van der Waals surface area contributed by atoms with Gasteiger partial charge in [-0.3, -0.25) is 4.79 Å². The third-order valence-electron chi connectivity index (χ3n) is 5.65. The first kappa shape index (κ1) is 25.9. The quantitative estimate of drug-likeness (QED) is 0.622. The van der Waals surface area contributed by atoms with Crippen molar-refractivity contribution in [3.63, 3.8) is 0 Å². The van der Waals surface area contributed by atoms with Gasteiger partial charge in [0.1, 0.15) is 17.7 Å². The van der Waals surface area contributed by atoms with Gasteiger partial charge in [0.05, 0.1) is 0 Å². The first-order valence-electron chi connectivity index (χ1n) is 11.4. The van der Waals surface area contributed by atoms with Crippen LogP contribution in [0.3, 0.4) is 0 Å². The summed E-state index contributed by atoms with van der Waals surface area (Å²) in [6, 6.07) is 12.2. The fourth-order valence-corrected chi connectivity index (χ4v) is 5.42. The number of benzene rings is 2. The highest BCUT2D eigenvalue weighted by Crippen LogP contribution is 2.37. The lowest BCUT2D eigenvalue weighted by molar-refractivity contribution is -0.150. The number of carboxylic acid groups (broad SMARTS) is 1. The van der Waals surface area contributed by atoms with Gasteiger partial charge in [0, 0.05) is 16.7 Å². The lowest BCUT2D eigenvalue weighted by atomic mass is 9.85. The topological polar surface area (TPSA) is 95.9 Å². The zero-order valence-electron chi connectivity index (χ0n) is 20.6. The first-order valence-corrected chi connectivity index (χ1v) is 12.3. The predicted molar refractivity (Wildman–Crippen MR) is 134 cm³/mol. The van der Waals surface area contributed by atoms with Gasteiger partial charge in [0.25, 0.3) is 0 Å². The van der Waals surface area contributed by atoms with Crippen LogP contribution in [0.5, 0.6) is 0 Å². The fourth-order valence-electron chi connectivity index (χ4n) is 4.08. The molecule has 2 N–H and O–H groups in total. The molecule has 3 atom stereocenters. The van der Waals surface area contributed by atoms with Crippen molar-refractivity contribution in [1.82, 2.24) is 10.2 Å². The molecule has 1 aliphatic heterocycles. The second-order valence-corrected chi connectivity index (χ2v) is 12.1. The molecular weight excluding hydrogens is 452 g/mol. The second-order valence-electron chi connectivity index (χ2n) is 10.7. The van der Waals surface area contributed by atoms with E-state index in [0.29, 0.717) is 6.42 Å². The molecule has 0 aliphatic carbocycles. The maximum atomic E-state index is 13.6. The van der Waals surface area contributed by atoms with Crippen LogP contribution in [0.1, 0.15) is 48.0 Å². The molecule has 7 nitrogen and oxygen atoms in total. The molecule has 34 heavy (non-hydrogen) atoms. The van der Waals surface area contributed by atoms with Gasteiger partial charge in [-0.2, -0.15) is 0 Å². The van der Waals surface area contributed by atoms with E-state index in [2.05, 4.69) is 5.32 Å². The van der Waals surface area contributed by atoms with Crippen LogP contribution in [-0.2, 0) is 14.3 Å². The molecule has 2 aromatic rings. The molecule has 1 aliphatic rings. The van der Waals surface area contributed by atoms with E-state index in [4.69, 9.17) is 4.74 Å². The van der Waals surface area contributed by atoms with Gasteiger partial charge in [-0.25, -0.2) is 9.59 Å². The van der Waals surface area contributed by atoms with E-state index in [1.54, 1.807) is 32.5 Å². The molecule has 3 unspecified atom stereocenters. The molecule has 2 aromatic carbocycles. The minimum Gasteiger partial charge on any atom is -0.480 e. The number of likely N-dealkylation sites (tertiary alicyclic amines) is 1. The summed E-state index contributed by atoms with van der Waals surface area (Å²) in [7, 11) is 0. The van der Waals surface area contributed by atoms with Crippen LogP contribution in [0.2, 0.25) is 0 Å². The summed E-state index contributed by atoms with van der Waals surface area (Å²) >= 11 is 1.59. The Bertz CT molecular complexity index is 1070. The number of hydrogen-bond donors (Lipinski definition) is 2. The lowest BCUT2D eigenvalue weighted by Gasteiger charge is -2.35. The molecule has 8 heteroatoms. The zero-order chi connectivity index (χ0) is 25.3. The Kier molecular flexibility index (Phi) is 7.50. The summed E-state index contributed by atoms with van der Waals surface area (Å²) in [4.78, 5) is 40.6. The number of aliphatic carboxylic acids is 1. The number of amides is 2. The molecule has 1 heterocycles. The van der Waals surface area contributed by atoms with E-state index in [1.165, 1.54) is 4.90 Å². The number of rotatable bonds is 5. The second kappa shape index (κ2) is 9.86. The summed E-state index contributed by atoms with van der Waals surface area (Å²) in [5.74, 6) is -1.45. The summed E-state index contributed by atoms with van der Waals surface area (Å²) in [6.45, 7) is 11.0. The number of ether oxygens (including phenoxy) is 1. The summed E-state index contributed by atoms with van der Waals surface area (Å²) in [6.07, 6.45) is -0.369. The number of alkyl carbamates (subject to hydrolysis) is 1. The van der Waals surface area contributed by atoms with Crippen LogP contribution < -0.4 is 5.32 Å². The maximum Gasteiger partial charge on any atom is 0.408 e. The average Bonchev–Trinajstić information content (AvgIpc) is 3.14. The Labute approximate surface area is 205 Å². The van der Waals surface area contributed by atoms with Gasteiger partial charge in [0.15, 0.2) is 0 Å². The van der Waals surface area contributed by atoms with Gasteiger partial charge in [0.2, 0.25) is 5.91 Å². The van der Waals surface area contributed by atoms with Gasteiger partial charge < -0.3 is 20.1 Å². The number of nitrogens with one attached hydrogen (secondary N) is 1. The van der Waals surface area contributed by atoms with E-state index in [-0.39, 0.29) is 11.8 Å². The highest BCUT2D eigenvalue weighted by molar-refractivity contribution is 8.00. The van der Waals surface area contributed by atoms with Gasteiger partial charge in [-0.15, -0.1) is 11.8 Å². The van der Waals surface area contributed by atoms with E-state index < -0.39 is 41.1 Å². The van der Waals surface area contributed by atoms with Crippen molar-refractivity contribution in [3.8, 4) is 0 Å². The van der Waals surface area contributed by atoms with Crippen LogP contribution in [0.15, 0.2) is 47.4 Å². The van der Waals surface area contributed by atoms with E-state index in [0.717, 1.165) is 15.7 Å². The van der Waals surface area contributed by atoms with E-state index >= 15 is 0 Å². The number of fused-ring (bicyclic) bond motifs is 1. The Balaban J connectivity index is 1.82. The number of carboxylic acids is 1. The predicted octanol–water partition coefficient (Wildman–Crippen LogP) is 4.93. The normalized spacial score (nSPS) is 19.6. The lowest BCUT2D eigenvalue weighted by Crippen LogP contribution is -2.57. The van der Waals surface area contributed by atoms with Crippen LogP contribution in [-0.4, -0.2) is 57.5 Å². The number of thioether (sulfide) groups is 1. The van der Waals surface area contributed by atoms with Crippen molar-refractivity contribution in [2.75, 3.05) is 6.54 Å². The average molecular weight is 487 g/mol. The molecular formula is C26H34N2O5S. The van der Waals surface area contributed by atoms with Crippen LogP contribution >= 0.6 is 11.8 Å². The van der Waals surface area contributed by atoms with Crippen LogP contribution in [0.4, 0.5) is 4.79 Å². The highest BCUT2D eigenvalue weighted by Gasteiger charge is 2.45. The standard InChI is InChI=1S/C26H34N2O5S/c1-25(2,3)21(27-24(32)33-26(4,5)6)22(29)28-15-17(14-19(28)23(30)31)34-20-13-9-11-16-10-7-8-12-18(16)20/h7-13,17,19,21H,14-15H2,1-6H3,(H,27,32)(H,30,31). The van der Waals surface area contributed by atoms with Crippen molar-refractivity contribution >= 4 is 40.5 Å². The monoisotopic (exact) mass is 486 g/mol. The Hall–Kier alpha value is -2.74. The van der Waals surface area contributed by atoms with Crippen molar-refractivity contribution in [2.24, 2.45) is 5.41 Å². The number of nitrogens with zero attached hydrogens (tertiary/aromatic N) is 1. The molecule has 2 amide bonds. The van der Waals surface area contributed by atoms with Crippen molar-refractivity contribution in [2.45, 2.75) is 75.8 Å². The molecule has 1 fully saturated rings. The van der Waals surface area contributed by atoms with Crippen molar-refractivity contribution in [3.05, 3.63) is 42.5 Å². The van der Waals surface area contributed by atoms with Crippen LogP contribution in [0, 0.1) is 5.41 Å². The minimum absolute atomic E-state index is 0.0852. The molecule has 0 saturated carbocycles. The Morgan fingerprint density at radius 3 is 2.32 bits per heavy atom. The molecule has 0 bridgehead atoms. The fraction of sp³-hybridized carbons (Fsp3) is 0.500. The van der Waals surface area contributed by atoms with E-state index in [1.807, 2.05) is 63.2 Å². The third kappa shape index (κ3) is 6.23. The molecule has 3 rings (SSSR count). The summed E-state index contributed by atoms with van der Waals surface area (Å²) in [5.41, 5.74) is -1.36. The molecule has 0 radical (unpaired) electrons. The number of carbonyl (C=O) groups excluding carboxylic acids is 2. The highest BCUT2D eigenvalue weighted by atomic mass is 32.2. The number of hydrogen-bond acceptors (Lipinski definition) is 5.